The summed E-state index contributed by atoms with van der Waals surface area (Å²) in [6.45, 7) is 0. The van der Waals surface area contributed by atoms with E-state index in [0.717, 1.165) is 6.42 Å². The van der Waals surface area contributed by atoms with Crippen molar-refractivity contribution >= 4 is 31.7 Å². The molecule has 1 amide bonds. The first-order chi connectivity index (χ1) is 14.2. The van der Waals surface area contributed by atoms with Crippen LogP contribution >= 0.6 is 15.9 Å². The largest absolute Gasteiger partial charge is 0.507 e. The number of hydrogen-bond donors (Lipinski definition) is 2. The SMILES string of the molecule is CNC(=O)c1cc(C2(C#N)CCC2)cc(CS(=O)(=O)c2cc(Br)ccc2OC)c1O. The number of methoxy groups -OCH3 is 1. The van der Waals surface area contributed by atoms with Crippen LogP contribution in [0.1, 0.15) is 40.7 Å². The van der Waals surface area contributed by atoms with Crippen LogP contribution in [0.15, 0.2) is 39.7 Å². The van der Waals surface area contributed by atoms with E-state index in [1.807, 2.05) is 0 Å². The highest BCUT2D eigenvalue weighted by molar-refractivity contribution is 9.10. The lowest BCUT2D eigenvalue weighted by atomic mass is 9.65. The molecular formula is C21H21BrN2O5S. The minimum absolute atomic E-state index is 0.0377. The molecule has 1 aliphatic rings. The zero-order valence-electron chi connectivity index (χ0n) is 16.5. The van der Waals surface area contributed by atoms with Gasteiger partial charge in [-0.1, -0.05) is 15.9 Å². The standard InChI is InChI=1S/C21H21BrN2O5S/c1-24-20(26)16-9-14(21(12-23)6-3-7-21)8-13(19(16)25)11-30(27,28)18-10-15(22)4-5-17(18)29-2/h4-5,8-10,25H,3,6-7,11H2,1-2H3,(H,24,26). The summed E-state index contributed by atoms with van der Waals surface area (Å²) >= 11 is 3.26. The number of carbonyl (C=O) groups is 1. The van der Waals surface area contributed by atoms with E-state index >= 15 is 0 Å². The zero-order chi connectivity index (χ0) is 22.1. The topological polar surface area (TPSA) is 116 Å². The van der Waals surface area contributed by atoms with Gasteiger partial charge in [-0.2, -0.15) is 5.26 Å². The number of halogens is 1. The Kier molecular flexibility index (Phi) is 6.11. The number of phenolic OH excluding ortho intramolecular Hbond substituents is 1. The molecule has 30 heavy (non-hydrogen) atoms. The highest BCUT2D eigenvalue weighted by Crippen LogP contribution is 2.45. The highest BCUT2D eigenvalue weighted by Gasteiger charge is 2.40. The minimum atomic E-state index is -3.94. The van der Waals surface area contributed by atoms with E-state index < -0.39 is 32.7 Å². The molecule has 2 N–H and O–H groups in total. The summed E-state index contributed by atoms with van der Waals surface area (Å²) in [6.07, 6.45) is 2.10. The van der Waals surface area contributed by atoms with Crippen molar-refractivity contribution < 1.29 is 23.1 Å². The molecule has 7 nitrogen and oxygen atoms in total. The third-order valence-corrected chi connectivity index (χ3v) is 7.61. The fourth-order valence-corrected chi connectivity index (χ4v) is 5.62. The van der Waals surface area contributed by atoms with Crippen LogP contribution in [0.5, 0.6) is 11.5 Å². The predicted octanol–water partition coefficient (Wildman–Crippen LogP) is 3.44. The Morgan fingerprint density at radius 2 is 2.03 bits per heavy atom. The number of nitrogens with one attached hydrogen (secondary N) is 1. The van der Waals surface area contributed by atoms with Crippen LogP contribution in [-0.2, 0) is 21.0 Å². The van der Waals surface area contributed by atoms with Gasteiger partial charge in [-0.25, -0.2) is 8.42 Å². The number of amides is 1. The van der Waals surface area contributed by atoms with E-state index in [4.69, 9.17) is 4.74 Å². The van der Waals surface area contributed by atoms with Crippen LogP contribution < -0.4 is 10.1 Å². The van der Waals surface area contributed by atoms with Gasteiger partial charge in [-0.15, -0.1) is 0 Å². The highest BCUT2D eigenvalue weighted by atomic mass is 79.9. The number of phenols is 1. The van der Waals surface area contributed by atoms with Gasteiger partial charge < -0.3 is 15.2 Å². The van der Waals surface area contributed by atoms with E-state index in [1.165, 1.54) is 38.4 Å². The Bertz CT molecular complexity index is 1150. The molecule has 0 heterocycles. The number of ether oxygens (including phenoxy) is 1. The van der Waals surface area contributed by atoms with Gasteiger partial charge in [0.1, 0.15) is 16.4 Å². The number of rotatable bonds is 6. The molecule has 3 rings (SSSR count). The summed E-state index contributed by atoms with van der Waals surface area (Å²) in [5.74, 6) is -1.35. The van der Waals surface area contributed by atoms with Gasteiger partial charge >= 0.3 is 0 Å². The van der Waals surface area contributed by atoms with Crippen molar-refractivity contribution in [1.29, 1.82) is 5.26 Å². The van der Waals surface area contributed by atoms with Crippen molar-refractivity contribution in [1.82, 2.24) is 5.32 Å². The molecule has 0 bridgehead atoms. The van der Waals surface area contributed by atoms with E-state index in [1.54, 1.807) is 6.07 Å². The molecular weight excluding hydrogens is 472 g/mol. The normalized spacial score (nSPS) is 15.0. The number of benzene rings is 2. The maximum Gasteiger partial charge on any atom is 0.254 e. The van der Waals surface area contributed by atoms with Crippen molar-refractivity contribution in [2.45, 2.75) is 35.3 Å². The molecule has 2 aromatic rings. The number of carbonyl (C=O) groups excluding carboxylic acids is 1. The zero-order valence-corrected chi connectivity index (χ0v) is 18.9. The molecule has 0 spiro atoms. The fraction of sp³-hybridized carbons (Fsp3) is 0.333. The second-order valence-electron chi connectivity index (χ2n) is 7.21. The summed E-state index contributed by atoms with van der Waals surface area (Å²) in [5.41, 5.74) is -0.223. The molecule has 0 aliphatic heterocycles. The van der Waals surface area contributed by atoms with Gasteiger partial charge in [-0.3, -0.25) is 4.79 Å². The second-order valence-corrected chi connectivity index (χ2v) is 10.1. The van der Waals surface area contributed by atoms with Crippen molar-refractivity contribution in [2.24, 2.45) is 0 Å². The third-order valence-electron chi connectivity index (χ3n) is 5.44. The number of sulfone groups is 1. The second kappa shape index (κ2) is 8.28. The summed E-state index contributed by atoms with van der Waals surface area (Å²) in [5, 5.41) is 22.8. The molecule has 0 unspecified atom stereocenters. The monoisotopic (exact) mass is 492 g/mol. The number of aromatic hydroxyl groups is 1. The van der Waals surface area contributed by atoms with Crippen LogP contribution in [0.3, 0.4) is 0 Å². The van der Waals surface area contributed by atoms with Gasteiger partial charge in [-0.05, 0) is 55.2 Å². The van der Waals surface area contributed by atoms with Gasteiger partial charge in [0.25, 0.3) is 5.91 Å². The van der Waals surface area contributed by atoms with Crippen LogP contribution in [0.4, 0.5) is 0 Å². The molecule has 1 saturated carbocycles. The lowest BCUT2D eigenvalue weighted by Gasteiger charge is -2.36. The Morgan fingerprint density at radius 1 is 1.33 bits per heavy atom. The van der Waals surface area contributed by atoms with Gasteiger partial charge in [0.05, 0.1) is 29.9 Å². The molecule has 1 aliphatic carbocycles. The molecule has 0 atom stereocenters. The van der Waals surface area contributed by atoms with Crippen LogP contribution in [-0.4, -0.2) is 33.6 Å². The van der Waals surface area contributed by atoms with Crippen molar-refractivity contribution in [2.75, 3.05) is 14.2 Å². The average molecular weight is 493 g/mol. The number of nitrogens with zero attached hydrogens (tertiary/aromatic N) is 1. The molecule has 158 valence electrons. The van der Waals surface area contributed by atoms with E-state index in [-0.39, 0.29) is 21.8 Å². The lowest BCUT2D eigenvalue weighted by Crippen LogP contribution is -2.33. The van der Waals surface area contributed by atoms with E-state index in [0.29, 0.717) is 22.9 Å². The summed E-state index contributed by atoms with van der Waals surface area (Å²) in [6, 6.07) is 9.91. The molecule has 0 aromatic heterocycles. The first-order valence-corrected chi connectivity index (χ1v) is 11.7. The molecule has 0 radical (unpaired) electrons. The number of hydrogen-bond acceptors (Lipinski definition) is 6. The van der Waals surface area contributed by atoms with Crippen molar-refractivity contribution in [3.05, 3.63) is 51.5 Å². The Hall–Kier alpha value is -2.57. The smallest absolute Gasteiger partial charge is 0.254 e. The summed E-state index contributed by atoms with van der Waals surface area (Å²) in [7, 11) is -1.15. The van der Waals surface area contributed by atoms with E-state index in [9.17, 15) is 23.6 Å². The molecule has 1 fully saturated rings. The lowest BCUT2D eigenvalue weighted by molar-refractivity contribution is 0.0960. The molecule has 2 aromatic carbocycles. The minimum Gasteiger partial charge on any atom is -0.507 e. The first-order valence-electron chi connectivity index (χ1n) is 9.23. The fourth-order valence-electron chi connectivity index (χ4n) is 3.56. The quantitative estimate of drug-likeness (QED) is 0.637. The van der Waals surface area contributed by atoms with Crippen LogP contribution in [0.2, 0.25) is 0 Å². The van der Waals surface area contributed by atoms with Crippen molar-refractivity contribution in [3.63, 3.8) is 0 Å². The van der Waals surface area contributed by atoms with Crippen molar-refractivity contribution in [3.8, 4) is 17.6 Å². The number of nitriles is 1. The summed E-state index contributed by atoms with van der Waals surface area (Å²) < 4.78 is 32.1. The third kappa shape index (κ3) is 3.89. The van der Waals surface area contributed by atoms with E-state index in [2.05, 4.69) is 27.3 Å². The Labute approximate surface area is 183 Å². The first kappa shape index (κ1) is 22.1. The van der Waals surface area contributed by atoms with Crippen LogP contribution in [0.25, 0.3) is 0 Å². The average Bonchev–Trinajstić information content (AvgIpc) is 2.68. The Balaban J connectivity index is 2.15. The van der Waals surface area contributed by atoms with Gasteiger partial charge in [0.15, 0.2) is 9.84 Å². The Morgan fingerprint density at radius 3 is 2.57 bits per heavy atom. The maximum atomic E-state index is 13.2. The van der Waals surface area contributed by atoms with Gasteiger partial charge in [0, 0.05) is 17.1 Å². The van der Waals surface area contributed by atoms with Crippen LogP contribution in [0, 0.1) is 11.3 Å². The van der Waals surface area contributed by atoms with Gasteiger partial charge in [0.2, 0.25) is 0 Å². The predicted molar refractivity (Wildman–Crippen MR) is 114 cm³/mol. The molecule has 0 saturated heterocycles. The maximum absolute atomic E-state index is 13.2. The summed E-state index contributed by atoms with van der Waals surface area (Å²) in [4.78, 5) is 12.3. The molecule has 9 heteroatoms.